The third-order valence-electron chi connectivity index (χ3n) is 4.29. The summed E-state index contributed by atoms with van der Waals surface area (Å²) >= 11 is 1.70. The molecule has 1 fully saturated rings. The van der Waals surface area contributed by atoms with Gasteiger partial charge in [0, 0.05) is 26.2 Å². The molecule has 1 atom stereocenters. The highest BCUT2D eigenvalue weighted by atomic mass is 32.1. The summed E-state index contributed by atoms with van der Waals surface area (Å²) in [6, 6.07) is 2.19. The van der Waals surface area contributed by atoms with Crippen LogP contribution in [0.4, 0.5) is 5.82 Å². The van der Waals surface area contributed by atoms with Crippen LogP contribution in [0.15, 0.2) is 22.3 Å². The summed E-state index contributed by atoms with van der Waals surface area (Å²) in [5, 5.41) is 5.95. The molecular weight excluding hydrogens is 312 g/mol. The molecule has 120 valence electrons. The van der Waals surface area contributed by atoms with Crippen molar-refractivity contribution in [1.29, 1.82) is 0 Å². The van der Waals surface area contributed by atoms with Crippen molar-refractivity contribution in [2.45, 2.75) is 19.9 Å². The first-order chi connectivity index (χ1) is 11.2. The highest BCUT2D eigenvalue weighted by molar-refractivity contribution is 7.17. The number of piperazine rings is 1. The molecule has 0 aliphatic carbocycles. The minimum Gasteiger partial charge on any atom is -0.353 e. The Hall–Kier alpha value is -2.06. The van der Waals surface area contributed by atoms with Crippen LogP contribution in [0.2, 0.25) is 0 Å². The van der Waals surface area contributed by atoms with Gasteiger partial charge < -0.3 is 9.42 Å². The number of fused-ring (bicyclic) bond motifs is 1. The van der Waals surface area contributed by atoms with Crippen molar-refractivity contribution in [2.24, 2.45) is 0 Å². The highest BCUT2D eigenvalue weighted by Crippen LogP contribution is 2.29. The van der Waals surface area contributed by atoms with Crippen LogP contribution in [-0.2, 0) is 0 Å². The maximum Gasteiger partial charge on any atom is 0.243 e. The van der Waals surface area contributed by atoms with Crippen molar-refractivity contribution < 1.29 is 4.52 Å². The van der Waals surface area contributed by atoms with E-state index in [2.05, 4.69) is 42.2 Å². The Bertz CT molecular complexity index is 807. The van der Waals surface area contributed by atoms with Gasteiger partial charge in [0.1, 0.15) is 12.1 Å². The van der Waals surface area contributed by atoms with Crippen LogP contribution in [0, 0.1) is 6.92 Å². The Kier molecular flexibility index (Phi) is 3.70. The van der Waals surface area contributed by atoms with Gasteiger partial charge in [-0.2, -0.15) is 4.98 Å². The lowest BCUT2D eigenvalue weighted by molar-refractivity contribution is 0.164. The lowest BCUT2D eigenvalue weighted by atomic mass is 10.2. The van der Waals surface area contributed by atoms with Gasteiger partial charge >= 0.3 is 0 Å². The smallest absolute Gasteiger partial charge is 0.243 e. The lowest BCUT2D eigenvalue weighted by Crippen LogP contribution is -2.47. The molecule has 0 bridgehead atoms. The Morgan fingerprint density at radius 2 is 2.04 bits per heavy atom. The number of nitrogens with zero attached hydrogens (tertiary/aromatic N) is 6. The summed E-state index contributed by atoms with van der Waals surface area (Å²) < 4.78 is 6.47. The number of hydrogen-bond acceptors (Lipinski definition) is 8. The molecule has 1 aliphatic heterocycles. The second-order valence-corrected chi connectivity index (χ2v) is 6.63. The molecule has 3 aromatic heterocycles. The van der Waals surface area contributed by atoms with E-state index in [-0.39, 0.29) is 6.04 Å². The van der Waals surface area contributed by atoms with Crippen molar-refractivity contribution in [3.05, 3.63) is 29.5 Å². The van der Waals surface area contributed by atoms with Crippen LogP contribution in [0.5, 0.6) is 0 Å². The zero-order valence-electron chi connectivity index (χ0n) is 13.1. The molecule has 3 aromatic rings. The number of aryl methyl sites for hydroxylation is 1. The molecule has 4 rings (SSSR count). The summed E-state index contributed by atoms with van der Waals surface area (Å²) in [6.07, 6.45) is 1.65. The van der Waals surface area contributed by atoms with E-state index in [0.717, 1.165) is 37.5 Å². The van der Waals surface area contributed by atoms with E-state index in [0.29, 0.717) is 11.7 Å². The molecule has 7 nitrogen and oxygen atoms in total. The Balaban J connectivity index is 1.48. The minimum atomic E-state index is 0.144. The van der Waals surface area contributed by atoms with Crippen molar-refractivity contribution >= 4 is 27.4 Å². The molecule has 0 aromatic carbocycles. The van der Waals surface area contributed by atoms with Crippen molar-refractivity contribution in [1.82, 2.24) is 25.0 Å². The maximum atomic E-state index is 5.30. The quantitative estimate of drug-likeness (QED) is 0.729. The van der Waals surface area contributed by atoms with E-state index in [9.17, 15) is 0 Å². The van der Waals surface area contributed by atoms with E-state index in [4.69, 9.17) is 4.52 Å². The molecule has 0 radical (unpaired) electrons. The topological polar surface area (TPSA) is 71.2 Å². The second kappa shape index (κ2) is 5.86. The zero-order valence-corrected chi connectivity index (χ0v) is 14.0. The third-order valence-corrected chi connectivity index (χ3v) is 5.19. The molecule has 0 amide bonds. The number of anilines is 1. The van der Waals surface area contributed by atoms with Gasteiger partial charge in [-0.15, -0.1) is 11.3 Å². The number of hydrogen-bond donors (Lipinski definition) is 0. The third kappa shape index (κ3) is 2.68. The van der Waals surface area contributed by atoms with E-state index >= 15 is 0 Å². The fourth-order valence-electron chi connectivity index (χ4n) is 2.96. The van der Waals surface area contributed by atoms with Crippen molar-refractivity contribution in [2.75, 3.05) is 31.1 Å². The van der Waals surface area contributed by atoms with Gasteiger partial charge in [-0.3, -0.25) is 4.90 Å². The van der Waals surface area contributed by atoms with E-state index < -0.39 is 0 Å². The monoisotopic (exact) mass is 330 g/mol. The van der Waals surface area contributed by atoms with E-state index in [1.165, 1.54) is 4.70 Å². The van der Waals surface area contributed by atoms with E-state index in [1.54, 1.807) is 17.7 Å². The van der Waals surface area contributed by atoms with Gasteiger partial charge in [-0.1, -0.05) is 5.16 Å². The molecule has 1 saturated heterocycles. The Morgan fingerprint density at radius 3 is 2.78 bits per heavy atom. The fraction of sp³-hybridized carbons (Fsp3) is 0.467. The normalized spacial score (nSPS) is 17.7. The van der Waals surface area contributed by atoms with Crippen molar-refractivity contribution in [3.8, 4) is 0 Å². The van der Waals surface area contributed by atoms with Crippen molar-refractivity contribution in [3.63, 3.8) is 0 Å². The molecule has 4 heterocycles. The Labute approximate surface area is 138 Å². The summed E-state index contributed by atoms with van der Waals surface area (Å²) in [7, 11) is 0. The van der Waals surface area contributed by atoms with Crippen LogP contribution < -0.4 is 4.90 Å². The molecule has 0 N–H and O–H groups in total. The summed E-state index contributed by atoms with van der Waals surface area (Å²) in [4.78, 5) is 17.9. The zero-order chi connectivity index (χ0) is 15.8. The van der Waals surface area contributed by atoms with Gasteiger partial charge in [0.25, 0.3) is 0 Å². The number of aromatic nitrogens is 4. The molecular formula is C15H18N6OS. The van der Waals surface area contributed by atoms with Crippen LogP contribution >= 0.6 is 11.3 Å². The summed E-state index contributed by atoms with van der Waals surface area (Å²) in [6.45, 7) is 7.71. The SMILES string of the molecule is Cc1noc([C@H](C)N2CCN(c3ncnc4ccsc34)CC2)n1. The molecule has 23 heavy (non-hydrogen) atoms. The van der Waals surface area contributed by atoms with Crippen LogP contribution in [0.3, 0.4) is 0 Å². The molecule has 8 heteroatoms. The number of rotatable bonds is 3. The molecule has 0 spiro atoms. The van der Waals surface area contributed by atoms with Crippen LogP contribution in [0.25, 0.3) is 10.2 Å². The van der Waals surface area contributed by atoms with Gasteiger partial charge in [0.15, 0.2) is 5.82 Å². The summed E-state index contributed by atoms with van der Waals surface area (Å²) in [5.41, 5.74) is 1.03. The first kappa shape index (κ1) is 14.5. The van der Waals surface area contributed by atoms with Gasteiger partial charge in [-0.05, 0) is 25.3 Å². The predicted octanol–water partition coefficient (Wildman–Crippen LogP) is 2.27. The fourth-order valence-corrected chi connectivity index (χ4v) is 3.82. The van der Waals surface area contributed by atoms with Gasteiger partial charge in [-0.25, -0.2) is 9.97 Å². The average molecular weight is 330 g/mol. The van der Waals surface area contributed by atoms with E-state index in [1.807, 2.05) is 13.0 Å². The van der Waals surface area contributed by atoms with Gasteiger partial charge in [0.2, 0.25) is 5.89 Å². The summed E-state index contributed by atoms with van der Waals surface area (Å²) in [5.74, 6) is 2.43. The number of thiophene rings is 1. The Morgan fingerprint density at radius 1 is 1.22 bits per heavy atom. The maximum absolute atomic E-state index is 5.30. The first-order valence-electron chi connectivity index (χ1n) is 7.70. The minimum absolute atomic E-state index is 0.144. The molecule has 0 unspecified atom stereocenters. The largest absolute Gasteiger partial charge is 0.353 e. The van der Waals surface area contributed by atoms with Crippen LogP contribution in [0.1, 0.15) is 24.7 Å². The highest BCUT2D eigenvalue weighted by Gasteiger charge is 2.26. The standard InChI is InChI=1S/C15H18N6OS/c1-10(15-18-11(2)19-22-15)20-4-6-21(7-5-20)14-13-12(3-8-23-13)16-9-17-14/h3,8-10H,4-7H2,1-2H3/t10-/m0/s1. The predicted molar refractivity (Wildman–Crippen MR) is 88.7 cm³/mol. The van der Waals surface area contributed by atoms with Gasteiger partial charge in [0.05, 0.1) is 16.3 Å². The van der Waals surface area contributed by atoms with Crippen LogP contribution in [-0.4, -0.2) is 51.2 Å². The molecule has 1 aliphatic rings. The average Bonchev–Trinajstić information content (AvgIpc) is 3.22. The second-order valence-electron chi connectivity index (χ2n) is 5.71. The lowest BCUT2D eigenvalue weighted by Gasteiger charge is -2.37. The first-order valence-corrected chi connectivity index (χ1v) is 8.58. The molecule has 0 saturated carbocycles.